The Kier molecular flexibility index (Phi) is 4.06. The van der Waals surface area contributed by atoms with Gasteiger partial charge in [0, 0.05) is 5.56 Å². The minimum atomic E-state index is -0.285. The third-order valence-electron chi connectivity index (χ3n) is 3.49. The predicted octanol–water partition coefficient (Wildman–Crippen LogP) is 2.84. The number of hydrogen-bond acceptors (Lipinski definition) is 3. The summed E-state index contributed by atoms with van der Waals surface area (Å²) in [7, 11) is 0. The van der Waals surface area contributed by atoms with Crippen LogP contribution in [0.25, 0.3) is 0 Å². The lowest BCUT2D eigenvalue weighted by atomic mass is 9.97. The Morgan fingerprint density at radius 1 is 1.00 bits per heavy atom. The smallest absolute Gasteiger partial charge is 0.230 e. The summed E-state index contributed by atoms with van der Waals surface area (Å²) in [6.45, 7) is 0. The Balaban J connectivity index is 1.91. The topological polar surface area (TPSA) is 46.2 Å². The Morgan fingerprint density at radius 2 is 1.62 bits per heavy atom. The van der Waals surface area contributed by atoms with Gasteiger partial charge in [0.2, 0.25) is 5.91 Å². The van der Waals surface area contributed by atoms with Crippen molar-refractivity contribution in [2.45, 2.75) is 11.3 Å². The molecule has 106 valence electrons. The van der Waals surface area contributed by atoms with Crippen molar-refractivity contribution in [3.8, 4) is 0 Å². The van der Waals surface area contributed by atoms with E-state index in [1.807, 2.05) is 60.7 Å². The number of carbonyl (C=O) groups excluding carboxylic acids is 2. The van der Waals surface area contributed by atoms with Gasteiger partial charge in [-0.05, 0) is 5.56 Å². The second-order valence-corrected chi connectivity index (χ2v) is 6.05. The molecule has 4 heteroatoms. The molecule has 1 saturated heterocycles. The third-order valence-corrected chi connectivity index (χ3v) is 4.76. The number of benzene rings is 2. The Morgan fingerprint density at radius 3 is 2.29 bits per heavy atom. The zero-order chi connectivity index (χ0) is 14.7. The van der Waals surface area contributed by atoms with Crippen molar-refractivity contribution in [2.75, 3.05) is 5.75 Å². The lowest BCUT2D eigenvalue weighted by molar-refractivity contribution is -0.119. The molecule has 0 aliphatic carbocycles. The van der Waals surface area contributed by atoms with Crippen molar-refractivity contribution in [1.82, 2.24) is 5.32 Å². The minimum absolute atomic E-state index is 0.0223. The zero-order valence-corrected chi connectivity index (χ0v) is 12.2. The van der Waals surface area contributed by atoms with Crippen molar-refractivity contribution >= 4 is 23.5 Å². The molecule has 2 atom stereocenters. The van der Waals surface area contributed by atoms with E-state index < -0.39 is 0 Å². The van der Waals surface area contributed by atoms with Crippen LogP contribution in [0, 0.1) is 0 Å². The molecule has 1 aliphatic heterocycles. The summed E-state index contributed by atoms with van der Waals surface area (Å²) in [4.78, 5) is 24.4. The average molecular weight is 297 g/mol. The van der Waals surface area contributed by atoms with Gasteiger partial charge in [0.15, 0.2) is 5.78 Å². The van der Waals surface area contributed by atoms with Crippen molar-refractivity contribution in [3.05, 3.63) is 71.8 Å². The van der Waals surface area contributed by atoms with Crippen LogP contribution in [0.5, 0.6) is 0 Å². The molecule has 1 amide bonds. The van der Waals surface area contributed by atoms with Crippen molar-refractivity contribution < 1.29 is 9.59 Å². The number of nitrogens with one attached hydrogen (secondary N) is 1. The monoisotopic (exact) mass is 297 g/mol. The molecule has 0 aromatic heterocycles. The second-order valence-electron chi connectivity index (χ2n) is 4.92. The molecule has 0 bridgehead atoms. The first-order chi connectivity index (χ1) is 10.3. The Bertz CT molecular complexity index is 642. The number of thioether (sulfide) groups is 1. The number of ketones is 1. The molecule has 21 heavy (non-hydrogen) atoms. The van der Waals surface area contributed by atoms with Crippen LogP contribution >= 0.6 is 11.8 Å². The van der Waals surface area contributed by atoms with Gasteiger partial charge in [0.05, 0.1) is 17.0 Å². The van der Waals surface area contributed by atoms with Gasteiger partial charge in [-0.25, -0.2) is 0 Å². The van der Waals surface area contributed by atoms with Crippen molar-refractivity contribution in [1.29, 1.82) is 0 Å². The van der Waals surface area contributed by atoms with Crippen LogP contribution in [0.4, 0.5) is 0 Å². The maximum absolute atomic E-state index is 12.7. The first-order valence-electron chi connectivity index (χ1n) is 6.81. The van der Waals surface area contributed by atoms with E-state index >= 15 is 0 Å². The summed E-state index contributed by atoms with van der Waals surface area (Å²) >= 11 is 1.42. The summed E-state index contributed by atoms with van der Waals surface area (Å²) < 4.78 is 0. The van der Waals surface area contributed by atoms with Crippen LogP contribution in [-0.4, -0.2) is 22.7 Å². The lowest BCUT2D eigenvalue weighted by Crippen LogP contribution is -2.44. The van der Waals surface area contributed by atoms with E-state index in [2.05, 4.69) is 5.32 Å². The number of carbonyl (C=O) groups is 2. The molecule has 1 fully saturated rings. The maximum Gasteiger partial charge on any atom is 0.230 e. The fourth-order valence-corrected chi connectivity index (χ4v) is 3.58. The molecule has 0 unspecified atom stereocenters. The van der Waals surface area contributed by atoms with Crippen molar-refractivity contribution in [2.24, 2.45) is 0 Å². The van der Waals surface area contributed by atoms with E-state index in [0.717, 1.165) is 5.56 Å². The molecule has 1 N–H and O–H groups in total. The first-order valence-corrected chi connectivity index (χ1v) is 7.86. The highest BCUT2D eigenvalue weighted by molar-refractivity contribution is 8.01. The van der Waals surface area contributed by atoms with Gasteiger partial charge in [-0.3, -0.25) is 9.59 Å². The van der Waals surface area contributed by atoms with Crippen molar-refractivity contribution in [3.63, 3.8) is 0 Å². The Labute approximate surface area is 127 Å². The number of hydrogen-bond donors (Lipinski definition) is 1. The van der Waals surface area contributed by atoms with Crippen LogP contribution < -0.4 is 5.32 Å². The third kappa shape index (κ3) is 3.00. The van der Waals surface area contributed by atoms with Crippen LogP contribution in [0.15, 0.2) is 60.7 Å². The largest absolute Gasteiger partial charge is 0.347 e. The van der Waals surface area contributed by atoms with Gasteiger partial charge in [0.1, 0.15) is 0 Å². The molecule has 0 saturated carbocycles. The van der Waals surface area contributed by atoms with E-state index in [-0.39, 0.29) is 23.0 Å². The molecule has 0 spiro atoms. The molecule has 2 aromatic carbocycles. The molecule has 0 radical (unpaired) electrons. The highest BCUT2D eigenvalue weighted by Crippen LogP contribution is 2.32. The minimum Gasteiger partial charge on any atom is -0.347 e. The summed E-state index contributed by atoms with van der Waals surface area (Å²) in [6.07, 6.45) is 0. The van der Waals surface area contributed by atoms with E-state index in [0.29, 0.717) is 11.3 Å². The lowest BCUT2D eigenvalue weighted by Gasteiger charge is -2.31. The van der Waals surface area contributed by atoms with Gasteiger partial charge in [-0.1, -0.05) is 60.7 Å². The van der Waals surface area contributed by atoms with Gasteiger partial charge >= 0.3 is 0 Å². The number of Topliss-reactive ketones (excluding diaryl/α,β-unsaturated/α-hetero) is 1. The maximum atomic E-state index is 12.7. The molecular weight excluding hydrogens is 282 g/mol. The van der Waals surface area contributed by atoms with E-state index in [4.69, 9.17) is 0 Å². The van der Waals surface area contributed by atoms with Crippen LogP contribution in [-0.2, 0) is 4.79 Å². The average Bonchev–Trinajstić information content (AvgIpc) is 2.56. The molecular formula is C17H15NO2S. The Hall–Kier alpha value is -2.07. The normalized spacial score (nSPS) is 21.6. The van der Waals surface area contributed by atoms with Gasteiger partial charge < -0.3 is 5.32 Å². The summed E-state index contributed by atoms with van der Waals surface area (Å²) in [5, 5.41) is 2.67. The molecule has 3 nitrogen and oxygen atoms in total. The summed E-state index contributed by atoms with van der Waals surface area (Å²) in [5.74, 6) is 0.368. The van der Waals surface area contributed by atoms with Gasteiger partial charge in [0.25, 0.3) is 0 Å². The van der Waals surface area contributed by atoms with Gasteiger partial charge in [-0.2, -0.15) is 0 Å². The van der Waals surface area contributed by atoms with E-state index in [1.165, 1.54) is 11.8 Å². The van der Waals surface area contributed by atoms with Crippen LogP contribution in [0.1, 0.15) is 22.0 Å². The highest BCUT2D eigenvalue weighted by Gasteiger charge is 2.35. The van der Waals surface area contributed by atoms with E-state index in [9.17, 15) is 9.59 Å². The number of rotatable bonds is 3. The van der Waals surface area contributed by atoms with Crippen LogP contribution in [0.2, 0.25) is 0 Å². The second kappa shape index (κ2) is 6.14. The predicted molar refractivity (Wildman–Crippen MR) is 84.3 cm³/mol. The first kappa shape index (κ1) is 13.9. The standard InChI is InChI=1S/C17H15NO2S/c19-14-11-21-17(16(20)13-9-5-2-6-10-13)15(18-14)12-7-3-1-4-8-12/h1-10,15,17H,11H2,(H,18,19)/t15-,17+/m1/s1. The number of amides is 1. The highest BCUT2D eigenvalue weighted by atomic mass is 32.2. The fraction of sp³-hybridized carbons (Fsp3) is 0.176. The molecule has 1 aliphatic rings. The molecule has 2 aromatic rings. The summed E-state index contributed by atoms with van der Waals surface area (Å²) in [5.41, 5.74) is 1.65. The fourth-order valence-electron chi connectivity index (χ4n) is 2.46. The summed E-state index contributed by atoms with van der Waals surface area (Å²) in [6, 6.07) is 18.6. The van der Waals surface area contributed by atoms with E-state index in [1.54, 1.807) is 0 Å². The van der Waals surface area contributed by atoms with Crippen LogP contribution in [0.3, 0.4) is 0 Å². The zero-order valence-electron chi connectivity index (χ0n) is 11.4. The SMILES string of the molecule is O=C1CS[C@H](C(=O)c2ccccc2)[C@@H](c2ccccc2)N1. The quantitative estimate of drug-likeness (QED) is 0.886. The molecule has 3 rings (SSSR count). The van der Waals surface area contributed by atoms with Gasteiger partial charge in [-0.15, -0.1) is 11.8 Å². The molecule has 1 heterocycles.